The summed E-state index contributed by atoms with van der Waals surface area (Å²) >= 11 is 1.80. The zero-order valence-corrected chi connectivity index (χ0v) is 17.5. The fourth-order valence-corrected chi connectivity index (χ4v) is 3.83. The minimum atomic E-state index is 0.0670. The molecule has 1 fully saturated rings. The summed E-state index contributed by atoms with van der Waals surface area (Å²) < 4.78 is 2.00. The molecule has 142 valence electrons. The van der Waals surface area contributed by atoms with E-state index in [1.807, 2.05) is 18.5 Å². The van der Waals surface area contributed by atoms with Gasteiger partial charge in [0.2, 0.25) is 0 Å². The average Bonchev–Trinajstić information content (AvgIpc) is 3.21. The van der Waals surface area contributed by atoms with Gasteiger partial charge in [-0.3, -0.25) is 0 Å². The van der Waals surface area contributed by atoms with Crippen LogP contribution in [0.5, 0.6) is 0 Å². The lowest BCUT2D eigenvalue weighted by molar-refractivity contribution is -0.0668. The van der Waals surface area contributed by atoms with Gasteiger partial charge in [0.1, 0.15) is 12.4 Å². The second-order valence-electron chi connectivity index (χ2n) is 8.15. The Morgan fingerprint density at radius 3 is 2.62 bits per heavy atom. The molecular formula is C19H30N6S. The van der Waals surface area contributed by atoms with Gasteiger partial charge in [-0.15, -0.1) is 21.5 Å². The lowest BCUT2D eigenvalue weighted by atomic mass is 9.65. The number of aryl methyl sites for hydroxylation is 1. The number of thiophene rings is 1. The highest BCUT2D eigenvalue weighted by molar-refractivity contribution is 7.09. The molecule has 0 unspecified atom stereocenters. The van der Waals surface area contributed by atoms with Gasteiger partial charge in [-0.2, -0.15) is 0 Å². The number of rotatable bonds is 5. The molecular weight excluding hydrogens is 344 g/mol. The maximum absolute atomic E-state index is 4.88. The van der Waals surface area contributed by atoms with Crippen LogP contribution in [0.4, 0.5) is 0 Å². The Hall–Kier alpha value is -1.89. The van der Waals surface area contributed by atoms with Gasteiger partial charge in [-0.1, -0.05) is 19.9 Å². The average molecular weight is 375 g/mol. The van der Waals surface area contributed by atoms with E-state index in [9.17, 15) is 0 Å². The SMILES string of the molecule is Cc1nnc(CN=C(NCCc2cccs2)N2CC(C)(C)C2(C)C)n1C. The number of hydrogen-bond donors (Lipinski definition) is 1. The fourth-order valence-electron chi connectivity index (χ4n) is 3.12. The molecule has 0 saturated carbocycles. The molecule has 1 N–H and O–H groups in total. The van der Waals surface area contributed by atoms with Gasteiger partial charge in [0.15, 0.2) is 11.8 Å². The normalized spacial score (nSPS) is 18.7. The van der Waals surface area contributed by atoms with Crippen LogP contribution in [-0.4, -0.2) is 44.3 Å². The standard InChI is InChI=1S/C19H30N6S/c1-14-22-23-16(24(14)6)12-21-17(20-10-9-15-8-7-11-26-15)25-13-18(2,3)19(25,4)5/h7-8,11H,9-10,12-13H2,1-6H3,(H,20,21). The van der Waals surface area contributed by atoms with Crippen LogP contribution in [-0.2, 0) is 20.0 Å². The number of guanidine groups is 1. The lowest BCUT2D eigenvalue weighted by Crippen LogP contribution is -2.72. The molecule has 2 aromatic heterocycles. The topological polar surface area (TPSA) is 58.3 Å². The summed E-state index contributed by atoms with van der Waals surface area (Å²) in [5.74, 6) is 2.76. The van der Waals surface area contributed by atoms with Crippen molar-refractivity contribution in [2.24, 2.45) is 17.5 Å². The Kier molecular flexibility index (Phi) is 5.10. The van der Waals surface area contributed by atoms with E-state index in [-0.39, 0.29) is 11.0 Å². The number of nitrogens with one attached hydrogen (secondary N) is 1. The zero-order chi connectivity index (χ0) is 18.9. The molecule has 26 heavy (non-hydrogen) atoms. The van der Waals surface area contributed by atoms with Gasteiger partial charge in [0, 0.05) is 36.0 Å². The summed E-state index contributed by atoms with van der Waals surface area (Å²) in [6.45, 7) is 13.6. The molecule has 0 aromatic carbocycles. The van der Waals surface area contributed by atoms with Crippen LogP contribution in [0.2, 0.25) is 0 Å². The van der Waals surface area contributed by atoms with Crippen molar-refractivity contribution in [3.8, 4) is 0 Å². The van der Waals surface area contributed by atoms with Crippen molar-refractivity contribution >= 4 is 17.3 Å². The summed E-state index contributed by atoms with van der Waals surface area (Å²) in [6.07, 6.45) is 1.01. The minimum absolute atomic E-state index is 0.0670. The Morgan fingerprint density at radius 2 is 2.08 bits per heavy atom. The summed E-state index contributed by atoms with van der Waals surface area (Å²) in [4.78, 5) is 8.65. The first-order chi connectivity index (χ1) is 12.2. The first kappa shape index (κ1) is 18.9. The monoisotopic (exact) mass is 374 g/mol. The Balaban J connectivity index is 1.73. The van der Waals surface area contributed by atoms with Crippen LogP contribution in [0.15, 0.2) is 22.5 Å². The molecule has 0 aliphatic carbocycles. The molecule has 6 nitrogen and oxygen atoms in total. The first-order valence-electron chi connectivity index (χ1n) is 9.15. The van der Waals surface area contributed by atoms with Gasteiger partial charge < -0.3 is 14.8 Å². The van der Waals surface area contributed by atoms with Crippen LogP contribution in [0.1, 0.15) is 44.2 Å². The van der Waals surface area contributed by atoms with E-state index >= 15 is 0 Å². The summed E-state index contributed by atoms with van der Waals surface area (Å²) in [5, 5.41) is 14.1. The molecule has 0 spiro atoms. The third-order valence-electron chi connectivity index (χ3n) is 5.93. The zero-order valence-electron chi connectivity index (χ0n) is 16.7. The smallest absolute Gasteiger partial charge is 0.194 e. The summed E-state index contributed by atoms with van der Waals surface area (Å²) in [6, 6.07) is 4.29. The van der Waals surface area contributed by atoms with Crippen molar-refractivity contribution in [1.82, 2.24) is 25.0 Å². The molecule has 0 bridgehead atoms. The number of aromatic nitrogens is 3. The number of aliphatic imine (C=N–C) groups is 1. The van der Waals surface area contributed by atoms with Crippen molar-refractivity contribution in [2.45, 2.75) is 53.1 Å². The Labute approximate surface area is 160 Å². The van der Waals surface area contributed by atoms with E-state index in [4.69, 9.17) is 4.99 Å². The molecule has 0 radical (unpaired) electrons. The number of hydrogen-bond acceptors (Lipinski definition) is 4. The Morgan fingerprint density at radius 1 is 1.31 bits per heavy atom. The van der Waals surface area contributed by atoms with Gasteiger partial charge >= 0.3 is 0 Å². The third-order valence-corrected chi connectivity index (χ3v) is 6.86. The molecule has 1 aliphatic rings. The van der Waals surface area contributed by atoms with Crippen LogP contribution in [0, 0.1) is 12.3 Å². The quantitative estimate of drug-likeness (QED) is 0.646. The molecule has 2 aromatic rings. The highest BCUT2D eigenvalue weighted by Gasteiger charge is 2.53. The number of nitrogens with zero attached hydrogens (tertiary/aromatic N) is 5. The summed E-state index contributed by atoms with van der Waals surface area (Å²) in [5.41, 5.74) is 0.335. The largest absolute Gasteiger partial charge is 0.356 e. The molecule has 0 atom stereocenters. The van der Waals surface area contributed by atoms with Crippen LogP contribution < -0.4 is 5.32 Å². The van der Waals surface area contributed by atoms with E-state index in [0.29, 0.717) is 6.54 Å². The van der Waals surface area contributed by atoms with Gasteiger partial charge in [0.05, 0.1) is 0 Å². The fraction of sp³-hybridized carbons (Fsp3) is 0.632. The Bertz CT molecular complexity index is 772. The third kappa shape index (κ3) is 3.49. The van der Waals surface area contributed by atoms with Crippen molar-refractivity contribution in [3.63, 3.8) is 0 Å². The maximum atomic E-state index is 4.88. The second-order valence-corrected chi connectivity index (χ2v) is 9.18. The molecule has 1 aliphatic heterocycles. The lowest BCUT2D eigenvalue weighted by Gasteiger charge is -2.62. The minimum Gasteiger partial charge on any atom is -0.356 e. The van der Waals surface area contributed by atoms with Crippen molar-refractivity contribution in [1.29, 1.82) is 0 Å². The molecule has 3 heterocycles. The predicted molar refractivity (Wildman–Crippen MR) is 107 cm³/mol. The maximum Gasteiger partial charge on any atom is 0.194 e. The summed E-state index contributed by atoms with van der Waals surface area (Å²) in [7, 11) is 1.99. The molecule has 0 amide bonds. The van der Waals surface area contributed by atoms with Crippen molar-refractivity contribution in [3.05, 3.63) is 34.0 Å². The predicted octanol–water partition coefficient (Wildman–Crippen LogP) is 2.99. The molecule has 3 rings (SSSR count). The van der Waals surface area contributed by atoms with Crippen molar-refractivity contribution < 1.29 is 0 Å². The second kappa shape index (κ2) is 7.02. The highest BCUT2D eigenvalue weighted by atomic mass is 32.1. The van der Waals surface area contributed by atoms with Crippen LogP contribution in [0.3, 0.4) is 0 Å². The van der Waals surface area contributed by atoms with E-state index in [0.717, 1.165) is 37.1 Å². The van der Waals surface area contributed by atoms with Crippen LogP contribution in [0.25, 0.3) is 0 Å². The molecule has 7 heteroatoms. The van der Waals surface area contributed by atoms with Gasteiger partial charge in [0.25, 0.3) is 0 Å². The first-order valence-corrected chi connectivity index (χ1v) is 10.0. The van der Waals surface area contributed by atoms with Gasteiger partial charge in [-0.05, 0) is 38.6 Å². The number of likely N-dealkylation sites (tertiary alicyclic amines) is 1. The van der Waals surface area contributed by atoms with E-state index in [1.165, 1.54) is 4.88 Å². The van der Waals surface area contributed by atoms with Gasteiger partial charge in [-0.25, -0.2) is 4.99 Å². The van der Waals surface area contributed by atoms with E-state index in [2.05, 4.69) is 65.6 Å². The molecule has 1 saturated heterocycles. The van der Waals surface area contributed by atoms with Crippen molar-refractivity contribution in [2.75, 3.05) is 13.1 Å². The van der Waals surface area contributed by atoms with E-state index < -0.39 is 0 Å². The van der Waals surface area contributed by atoms with Crippen LogP contribution >= 0.6 is 11.3 Å². The van der Waals surface area contributed by atoms with E-state index in [1.54, 1.807) is 11.3 Å². The highest BCUT2D eigenvalue weighted by Crippen LogP contribution is 2.46.